The standard InChI is InChI=1S/C124H101BN2OS/c1-121(2,3)94-67-92(68-95(73-94)122(4,5)6)93-71-110-118-111(72-93)127(119-102(82-45-27-17-28-46-82)74-96(123(7,8)9)75-103(119)83-47-29-18-30-48-83)109-70-85(91-65-88(80-41-23-15-24-42-80)62-89(66-91)81-43-25-16-26-44-81)57-59-106(109)125(118)107-69-84(90-63-86(78-37-19-13-20-38-78)61-87(64-90)79-39-21-14-22-40-79)58-60-108(107)126(110)120-104(98-51-35-54-113-116(98)100-49-31-33-53-112(100)128-113)76-97(124(10,11)12)77-105(120)99-52-36-56-115-117(99)101-50-32-34-55-114(101)129-115/h13-77H,1-12H3. The molecule has 0 spiro atoms. The molecule has 0 fully saturated rings. The van der Waals surface area contributed by atoms with Gasteiger partial charge in [-0.1, -0.05) is 368 Å². The lowest BCUT2D eigenvalue weighted by Gasteiger charge is -2.46. The number of nitrogens with zero attached hydrogens (tertiary/aromatic N) is 2. The molecule has 20 aromatic rings. The number of benzene rings is 18. The predicted molar refractivity (Wildman–Crippen MR) is 555 cm³/mol. The Morgan fingerprint density at radius 3 is 1.05 bits per heavy atom. The van der Waals surface area contributed by atoms with Crippen LogP contribution < -0.4 is 26.2 Å². The minimum Gasteiger partial charge on any atom is -0.456 e. The van der Waals surface area contributed by atoms with Crippen molar-refractivity contribution in [2.24, 2.45) is 0 Å². The average Bonchev–Trinajstić information content (AvgIpc) is 0.831. The second-order valence-corrected chi connectivity index (χ2v) is 40.7. The van der Waals surface area contributed by atoms with Gasteiger partial charge < -0.3 is 14.2 Å². The fourth-order valence-electron chi connectivity index (χ4n) is 20.1. The molecule has 0 amide bonds. The molecule has 4 heterocycles. The number of hydrogen-bond acceptors (Lipinski definition) is 4. The molecule has 0 unspecified atom stereocenters. The van der Waals surface area contributed by atoms with Crippen molar-refractivity contribution < 1.29 is 4.42 Å². The van der Waals surface area contributed by atoms with Gasteiger partial charge in [-0.05, 0) is 270 Å². The molecule has 0 bridgehead atoms. The molecule has 22 rings (SSSR count). The summed E-state index contributed by atoms with van der Waals surface area (Å²) in [4.78, 5) is 5.56. The smallest absolute Gasteiger partial charge is 0.252 e. The lowest BCUT2D eigenvalue weighted by atomic mass is 9.33. The molecule has 2 aromatic heterocycles. The van der Waals surface area contributed by atoms with Gasteiger partial charge in [-0.25, -0.2) is 0 Å². The Morgan fingerprint density at radius 1 is 0.217 bits per heavy atom. The number of thiophene rings is 1. The van der Waals surface area contributed by atoms with Crippen molar-refractivity contribution >= 4 is 111 Å². The van der Waals surface area contributed by atoms with Crippen molar-refractivity contribution in [3.63, 3.8) is 0 Å². The van der Waals surface area contributed by atoms with E-state index in [1.54, 1.807) is 0 Å². The molecule has 3 nitrogen and oxygen atoms in total. The average molecular weight is 1680 g/mol. The van der Waals surface area contributed by atoms with Crippen LogP contribution in [0.15, 0.2) is 399 Å². The zero-order valence-electron chi connectivity index (χ0n) is 75.3. The molecule has 0 saturated carbocycles. The van der Waals surface area contributed by atoms with Gasteiger partial charge >= 0.3 is 0 Å². The van der Waals surface area contributed by atoms with Crippen molar-refractivity contribution in [3.05, 3.63) is 417 Å². The van der Waals surface area contributed by atoms with Crippen LogP contribution in [0.4, 0.5) is 34.1 Å². The third kappa shape index (κ3) is 14.4. The number of fused-ring (bicyclic) bond motifs is 10. The van der Waals surface area contributed by atoms with E-state index in [2.05, 4.69) is 487 Å². The normalized spacial score (nSPS) is 12.8. The zero-order valence-corrected chi connectivity index (χ0v) is 76.1. The molecule has 5 heteroatoms. The van der Waals surface area contributed by atoms with Crippen LogP contribution in [0.3, 0.4) is 0 Å². The maximum atomic E-state index is 7.10. The van der Waals surface area contributed by atoms with Gasteiger partial charge in [-0.15, -0.1) is 11.3 Å². The van der Waals surface area contributed by atoms with E-state index < -0.39 is 0 Å². The van der Waals surface area contributed by atoms with Crippen molar-refractivity contribution in [3.8, 4) is 122 Å². The first-order valence-electron chi connectivity index (χ1n) is 45.5. The number of furan rings is 1. The largest absolute Gasteiger partial charge is 0.456 e. The first-order valence-corrected chi connectivity index (χ1v) is 46.3. The summed E-state index contributed by atoms with van der Waals surface area (Å²) in [6.45, 7) is 28.2. The van der Waals surface area contributed by atoms with Gasteiger partial charge in [0.15, 0.2) is 0 Å². The Labute approximate surface area is 763 Å². The molecule has 0 N–H and O–H groups in total. The molecule has 0 atom stereocenters. The summed E-state index contributed by atoms with van der Waals surface area (Å²) < 4.78 is 9.59. The van der Waals surface area contributed by atoms with Crippen molar-refractivity contribution in [2.45, 2.75) is 105 Å². The van der Waals surface area contributed by atoms with Gasteiger partial charge in [-0.3, -0.25) is 0 Å². The summed E-state index contributed by atoms with van der Waals surface area (Å²) in [7, 11) is 0. The van der Waals surface area contributed by atoms with Crippen LogP contribution in [0.5, 0.6) is 0 Å². The van der Waals surface area contributed by atoms with E-state index in [1.165, 1.54) is 64.4 Å². The van der Waals surface area contributed by atoms with Gasteiger partial charge in [-0.2, -0.15) is 0 Å². The van der Waals surface area contributed by atoms with Crippen LogP contribution in [0.1, 0.15) is 105 Å². The highest BCUT2D eigenvalue weighted by molar-refractivity contribution is 7.26. The number of rotatable bonds is 13. The minimum atomic E-state index is -0.386. The summed E-state index contributed by atoms with van der Waals surface area (Å²) in [5.74, 6) is 0. The Morgan fingerprint density at radius 2 is 0.566 bits per heavy atom. The maximum Gasteiger partial charge on any atom is 0.252 e. The fourth-order valence-corrected chi connectivity index (χ4v) is 21.3. The third-order valence-electron chi connectivity index (χ3n) is 27.0. The highest BCUT2D eigenvalue weighted by Gasteiger charge is 2.47. The quantitative estimate of drug-likeness (QED) is 0.107. The van der Waals surface area contributed by atoms with Crippen LogP contribution in [0.25, 0.3) is 165 Å². The molecule has 0 saturated heterocycles. The number of para-hydroxylation sites is 1. The monoisotopic (exact) mass is 1680 g/mol. The van der Waals surface area contributed by atoms with E-state index in [4.69, 9.17) is 4.42 Å². The van der Waals surface area contributed by atoms with E-state index in [0.717, 1.165) is 173 Å². The highest BCUT2D eigenvalue weighted by Crippen LogP contribution is 2.58. The Balaban J connectivity index is 0.958. The van der Waals surface area contributed by atoms with Crippen molar-refractivity contribution in [2.75, 3.05) is 9.80 Å². The van der Waals surface area contributed by atoms with Crippen LogP contribution in [0, 0.1) is 0 Å². The van der Waals surface area contributed by atoms with Gasteiger partial charge in [0, 0.05) is 75.9 Å². The van der Waals surface area contributed by atoms with Crippen LogP contribution in [0.2, 0.25) is 0 Å². The summed E-state index contributed by atoms with van der Waals surface area (Å²) in [6.07, 6.45) is 0. The summed E-state index contributed by atoms with van der Waals surface area (Å²) >= 11 is 1.88. The molecular weight excluding hydrogens is 1580 g/mol. The Kier molecular flexibility index (Phi) is 19.5. The van der Waals surface area contributed by atoms with Gasteiger partial charge in [0.1, 0.15) is 11.2 Å². The molecule has 129 heavy (non-hydrogen) atoms. The SMILES string of the molecule is CC(C)(C)c1cc(-c2cc3c4c(c2)N(c2c(-c5cccc6oc7ccccc7c56)cc(C(C)(C)C)cc2-c2cccc5sc6ccccc6c25)c2ccc(-c5cc(-c6ccccc6)cc(-c6ccccc6)c5)cc2B4c2ccc(-c4cc(-c5ccccc5)cc(-c5ccccc5)c4)cc2N3c2c(-c3ccccc3)cc(C(C)(C)C)cc2-c2ccccc2)cc(C(C)(C)C)c1. The summed E-state index contributed by atoms with van der Waals surface area (Å²) in [5, 5.41) is 4.63. The van der Waals surface area contributed by atoms with Gasteiger partial charge in [0.25, 0.3) is 6.71 Å². The Bertz CT molecular complexity index is 7470. The minimum absolute atomic E-state index is 0.220. The molecule has 0 aliphatic carbocycles. The topological polar surface area (TPSA) is 19.6 Å². The predicted octanol–water partition coefficient (Wildman–Crippen LogP) is 33.6. The summed E-state index contributed by atoms with van der Waals surface area (Å²) in [5.41, 5.74) is 40.9. The van der Waals surface area contributed by atoms with Gasteiger partial charge in [0.05, 0.1) is 11.4 Å². The van der Waals surface area contributed by atoms with Crippen LogP contribution >= 0.6 is 11.3 Å². The Hall–Kier alpha value is -14.4. The molecule has 622 valence electrons. The van der Waals surface area contributed by atoms with Crippen LogP contribution in [-0.2, 0) is 21.7 Å². The first kappa shape index (κ1) is 80.5. The molecule has 2 aliphatic heterocycles. The van der Waals surface area contributed by atoms with E-state index in [9.17, 15) is 0 Å². The van der Waals surface area contributed by atoms with E-state index in [0.29, 0.717) is 0 Å². The number of anilines is 6. The van der Waals surface area contributed by atoms with Crippen molar-refractivity contribution in [1.82, 2.24) is 0 Å². The zero-order chi connectivity index (χ0) is 87.9. The number of hydrogen-bond donors (Lipinski definition) is 0. The van der Waals surface area contributed by atoms with Crippen LogP contribution in [-0.4, -0.2) is 6.71 Å². The lowest BCUT2D eigenvalue weighted by molar-refractivity contribution is 0.569. The second kappa shape index (κ2) is 31.3. The lowest BCUT2D eigenvalue weighted by Crippen LogP contribution is -2.61. The second-order valence-electron chi connectivity index (χ2n) is 39.6. The fraction of sp³-hybridized carbons (Fsp3) is 0.129. The van der Waals surface area contributed by atoms with E-state index in [1.807, 2.05) is 11.3 Å². The molecular formula is C124H101BN2OS. The van der Waals surface area contributed by atoms with Gasteiger partial charge in [0.2, 0.25) is 0 Å². The summed E-state index contributed by atoms with van der Waals surface area (Å²) in [6, 6.07) is 151. The molecule has 2 aliphatic rings. The first-order chi connectivity index (χ1) is 62.5. The molecule has 0 radical (unpaired) electrons. The van der Waals surface area contributed by atoms with Crippen molar-refractivity contribution in [1.29, 1.82) is 0 Å². The third-order valence-corrected chi connectivity index (χ3v) is 28.1. The molecule has 18 aromatic carbocycles. The van der Waals surface area contributed by atoms with E-state index in [-0.39, 0.29) is 28.4 Å². The maximum absolute atomic E-state index is 7.10. The highest BCUT2D eigenvalue weighted by atomic mass is 32.1. The van der Waals surface area contributed by atoms with E-state index >= 15 is 0 Å².